The predicted octanol–water partition coefficient (Wildman–Crippen LogP) is 1.18. The van der Waals surface area contributed by atoms with E-state index in [-0.39, 0.29) is 5.12 Å². The van der Waals surface area contributed by atoms with E-state index >= 15 is 0 Å². The highest BCUT2D eigenvalue weighted by Crippen LogP contribution is 2.29. The minimum Gasteiger partial charge on any atom is -0.467 e. The number of ether oxygens (including phenoxy) is 2. The van der Waals surface area contributed by atoms with Crippen molar-refractivity contribution in [2.45, 2.75) is 12.2 Å². The minimum atomic E-state index is -0.778. The summed E-state index contributed by atoms with van der Waals surface area (Å²) in [6.07, 6.45) is -1.53. The van der Waals surface area contributed by atoms with Crippen molar-refractivity contribution in [1.82, 2.24) is 0 Å². The lowest BCUT2D eigenvalue weighted by Crippen LogP contribution is -2.15. The highest BCUT2D eigenvalue weighted by molar-refractivity contribution is 8.10. The first-order valence-electron chi connectivity index (χ1n) is 4.89. The molecule has 1 fully saturated rings. The third-order valence-corrected chi connectivity index (χ3v) is 2.79. The number of carbonyl (C=O) groups excluding carboxylic acids is 2. The summed E-state index contributed by atoms with van der Waals surface area (Å²) < 4.78 is 14.5. The fraction of sp³-hybridized carbons (Fsp3) is 0.273. The van der Waals surface area contributed by atoms with E-state index in [1.165, 1.54) is 7.11 Å². The molecular formula is C11H10O5S. The van der Waals surface area contributed by atoms with Gasteiger partial charge in [0.15, 0.2) is 12.2 Å². The number of hydrogen-bond acceptors (Lipinski definition) is 6. The Bertz CT molecular complexity index is 419. The molecule has 1 aromatic rings. The van der Waals surface area contributed by atoms with Crippen LogP contribution in [0, 0.1) is 0 Å². The Hall–Kier alpha value is -1.53. The fourth-order valence-corrected chi connectivity index (χ4v) is 1.76. The van der Waals surface area contributed by atoms with E-state index in [0.29, 0.717) is 17.8 Å². The van der Waals surface area contributed by atoms with E-state index in [1.807, 2.05) is 6.07 Å². The molecule has 0 bridgehead atoms. The average molecular weight is 254 g/mol. The lowest BCUT2D eigenvalue weighted by molar-refractivity contribution is -0.142. The number of methoxy groups -OCH3 is 1. The van der Waals surface area contributed by atoms with Crippen molar-refractivity contribution in [2.24, 2.45) is 0 Å². The standard InChI is InChI=1S/C11H10O5S/c1-14-10(12)8-9(15-8)11(13)17-16-7-5-3-2-4-6-7/h2-6,8-9H,1H3/t8-,9-/m0/s1. The highest BCUT2D eigenvalue weighted by Gasteiger charge is 2.52. The minimum absolute atomic E-state index is 0.343. The van der Waals surface area contributed by atoms with Crippen molar-refractivity contribution >= 4 is 23.1 Å². The van der Waals surface area contributed by atoms with Gasteiger partial charge < -0.3 is 13.7 Å². The van der Waals surface area contributed by atoms with Crippen molar-refractivity contribution in [2.75, 3.05) is 7.11 Å². The third kappa shape index (κ3) is 2.98. The second kappa shape index (κ2) is 5.20. The lowest BCUT2D eigenvalue weighted by atomic mass is 10.3. The molecular weight excluding hydrogens is 244 g/mol. The van der Waals surface area contributed by atoms with Gasteiger partial charge in [-0.1, -0.05) is 18.2 Å². The zero-order valence-corrected chi connectivity index (χ0v) is 9.81. The van der Waals surface area contributed by atoms with Gasteiger partial charge in [0.25, 0.3) is 5.12 Å². The molecule has 2 atom stereocenters. The zero-order chi connectivity index (χ0) is 12.3. The second-order valence-electron chi connectivity index (χ2n) is 3.30. The van der Waals surface area contributed by atoms with Crippen molar-refractivity contribution < 1.29 is 23.2 Å². The number of esters is 1. The second-order valence-corrected chi connectivity index (χ2v) is 4.03. The summed E-state index contributed by atoms with van der Waals surface area (Å²) in [6.45, 7) is 0. The molecule has 0 N–H and O–H groups in total. The summed E-state index contributed by atoms with van der Waals surface area (Å²) in [7, 11) is 1.25. The molecule has 5 nitrogen and oxygen atoms in total. The Labute approximate surface area is 102 Å². The predicted molar refractivity (Wildman–Crippen MR) is 60.3 cm³/mol. The maximum Gasteiger partial charge on any atom is 0.338 e. The number of para-hydroxylation sites is 1. The number of epoxide rings is 1. The molecule has 0 saturated carbocycles. The monoisotopic (exact) mass is 254 g/mol. The van der Waals surface area contributed by atoms with E-state index in [1.54, 1.807) is 24.3 Å². The largest absolute Gasteiger partial charge is 0.467 e. The van der Waals surface area contributed by atoms with Gasteiger partial charge in [0, 0.05) is 0 Å². The average Bonchev–Trinajstić information content (AvgIpc) is 3.16. The van der Waals surface area contributed by atoms with E-state index in [4.69, 9.17) is 8.92 Å². The van der Waals surface area contributed by atoms with Gasteiger partial charge in [-0.15, -0.1) is 0 Å². The molecule has 0 unspecified atom stereocenters. The smallest absolute Gasteiger partial charge is 0.338 e. The van der Waals surface area contributed by atoms with Crippen LogP contribution in [0.2, 0.25) is 0 Å². The fourth-order valence-electron chi connectivity index (χ4n) is 1.20. The Morgan fingerprint density at radius 2 is 1.94 bits per heavy atom. The van der Waals surface area contributed by atoms with Gasteiger partial charge in [0.05, 0.1) is 7.11 Å². The van der Waals surface area contributed by atoms with Crippen LogP contribution < -0.4 is 4.18 Å². The Kier molecular flexibility index (Phi) is 3.65. The van der Waals surface area contributed by atoms with Gasteiger partial charge in [-0.25, -0.2) is 4.79 Å². The van der Waals surface area contributed by atoms with E-state index < -0.39 is 18.2 Å². The van der Waals surface area contributed by atoms with Gasteiger partial charge in [-0.2, -0.15) is 0 Å². The summed E-state index contributed by atoms with van der Waals surface area (Å²) in [5, 5.41) is -0.343. The molecule has 0 amide bonds. The maximum absolute atomic E-state index is 11.5. The van der Waals surface area contributed by atoms with Gasteiger partial charge in [0.1, 0.15) is 17.8 Å². The number of carbonyl (C=O) groups is 2. The van der Waals surface area contributed by atoms with Crippen molar-refractivity contribution in [1.29, 1.82) is 0 Å². The van der Waals surface area contributed by atoms with Crippen LogP contribution in [0.3, 0.4) is 0 Å². The van der Waals surface area contributed by atoms with Crippen molar-refractivity contribution in [3.8, 4) is 5.75 Å². The molecule has 17 heavy (non-hydrogen) atoms. The molecule has 6 heteroatoms. The van der Waals surface area contributed by atoms with E-state index in [2.05, 4.69) is 4.74 Å². The first-order chi connectivity index (χ1) is 8.22. The molecule has 1 aliphatic heterocycles. The first-order valence-corrected chi connectivity index (χ1v) is 5.63. The molecule has 0 aromatic heterocycles. The van der Waals surface area contributed by atoms with Gasteiger partial charge in [-0.05, 0) is 12.1 Å². The summed E-state index contributed by atoms with van der Waals surface area (Å²) in [5.41, 5.74) is 0. The summed E-state index contributed by atoms with van der Waals surface area (Å²) in [5.74, 6) is 0.0322. The van der Waals surface area contributed by atoms with Gasteiger partial charge in [0.2, 0.25) is 0 Å². The van der Waals surface area contributed by atoms with Crippen molar-refractivity contribution in [3.05, 3.63) is 30.3 Å². The Balaban J connectivity index is 1.78. The molecule has 2 rings (SSSR count). The Morgan fingerprint density at radius 1 is 1.24 bits per heavy atom. The Morgan fingerprint density at radius 3 is 2.59 bits per heavy atom. The van der Waals surface area contributed by atoms with Crippen LogP contribution in [0.15, 0.2) is 30.3 Å². The quantitative estimate of drug-likeness (QED) is 0.456. The lowest BCUT2D eigenvalue weighted by Gasteiger charge is -2.00. The number of benzene rings is 1. The highest BCUT2D eigenvalue weighted by atomic mass is 32.2. The molecule has 1 saturated heterocycles. The normalized spacial score (nSPS) is 21.7. The van der Waals surface area contributed by atoms with E-state index in [9.17, 15) is 9.59 Å². The molecule has 0 radical (unpaired) electrons. The SMILES string of the molecule is COC(=O)[C@H]1O[C@@H]1C(=O)SOc1ccccc1. The summed E-state index contributed by atoms with van der Waals surface area (Å²) in [6, 6.07) is 8.89. The number of rotatable bonds is 4. The van der Waals surface area contributed by atoms with Gasteiger partial charge >= 0.3 is 5.97 Å². The molecule has 0 spiro atoms. The van der Waals surface area contributed by atoms with Crippen LogP contribution in [0.5, 0.6) is 5.75 Å². The first kappa shape index (κ1) is 11.9. The third-order valence-electron chi connectivity index (χ3n) is 2.12. The van der Waals surface area contributed by atoms with Crippen LogP contribution in [0.4, 0.5) is 0 Å². The molecule has 90 valence electrons. The molecule has 1 heterocycles. The van der Waals surface area contributed by atoms with Crippen molar-refractivity contribution in [3.63, 3.8) is 0 Å². The topological polar surface area (TPSA) is 65.1 Å². The molecule has 1 aliphatic rings. The van der Waals surface area contributed by atoms with Crippen LogP contribution in [-0.2, 0) is 19.1 Å². The summed E-state index contributed by atoms with van der Waals surface area (Å²) in [4.78, 5) is 22.5. The van der Waals surface area contributed by atoms with Gasteiger partial charge in [-0.3, -0.25) is 4.79 Å². The van der Waals surface area contributed by atoms with Crippen LogP contribution >= 0.6 is 12.0 Å². The maximum atomic E-state index is 11.5. The van der Waals surface area contributed by atoms with Crippen LogP contribution in [0.25, 0.3) is 0 Å². The van der Waals surface area contributed by atoms with E-state index in [0.717, 1.165) is 0 Å². The van der Waals surface area contributed by atoms with Crippen LogP contribution in [-0.4, -0.2) is 30.4 Å². The molecule has 1 aromatic carbocycles. The number of hydrogen-bond donors (Lipinski definition) is 0. The zero-order valence-electron chi connectivity index (χ0n) is 8.99. The summed E-state index contributed by atoms with van der Waals surface area (Å²) >= 11 is 0.660. The molecule has 0 aliphatic carbocycles. The van der Waals surface area contributed by atoms with Crippen LogP contribution in [0.1, 0.15) is 0 Å².